The van der Waals surface area contributed by atoms with E-state index in [2.05, 4.69) is 21.2 Å². The van der Waals surface area contributed by atoms with Gasteiger partial charge in [0.15, 0.2) is 0 Å². The van der Waals surface area contributed by atoms with E-state index in [9.17, 15) is 9.59 Å². The summed E-state index contributed by atoms with van der Waals surface area (Å²) >= 11 is 5.06. The van der Waals surface area contributed by atoms with Crippen molar-refractivity contribution in [2.75, 3.05) is 25.1 Å². The number of morpholine rings is 1. The maximum Gasteiger partial charge on any atom is 0.253 e. The molecule has 0 radical (unpaired) electrons. The van der Waals surface area contributed by atoms with Crippen LogP contribution in [0.4, 0.5) is 0 Å². The van der Waals surface area contributed by atoms with Crippen molar-refractivity contribution in [1.29, 1.82) is 0 Å². The highest BCUT2D eigenvalue weighted by Crippen LogP contribution is 2.17. The molecule has 2 amide bonds. The number of carbonyl (C=O) groups excluding carboxylic acids is 2. The first-order valence-corrected chi connectivity index (χ1v) is 10.6. The molecule has 0 saturated carbocycles. The van der Waals surface area contributed by atoms with Crippen molar-refractivity contribution in [1.82, 2.24) is 10.2 Å². The van der Waals surface area contributed by atoms with E-state index >= 15 is 0 Å². The van der Waals surface area contributed by atoms with Gasteiger partial charge in [0.05, 0.1) is 17.8 Å². The highest BCUT2D eigenvalue weighted by molar-refractivity contribution is 9.10. The van der Waals surface area contributed by atoms with Gasteiger partial charge >= 0.3 is 0 Å². The molecule has 25 heavy (non-hydrogen) atoms. The first-order valence-electron chi connectivity index (χ1n) is 8.41. The number of nitrogens with zero attached hydrogens (tertiary/aromatic N) is 1. The van der Waals surface area contributed by atoms with Gasteiger partial charge in [0.25, 0.3) is 5.91 Å². The van der Waals surface area contributed by atoms with Gasteiger partial charge in [-0.25, -0.2) is 0 Å². The van der Waals surface area contributed by atoms with Gasteiger partial charge in [-0.15, -0.1) is 0 Å². The minimum absolute atomic E-state index is 0.00729. The minimum atomic E-state index is -0.524. The number of thioether (sulfide) groups is 1. The monoisotopic (exact) mass is 428 g/mol. The largest absolute Gasteiger partial charge is 0.372 e. The summed E-state index contributed by atoms with van der Waals surface area (Å²) in [6.45, 7) is 5.05. The van der Waals surface area contributed by atoms with E-state index in [0.29, 0.717) is 25.1 Å². The Labute approximate surface area is 162 Å². The maximum atomic E-state index is 13.0. The van der Waals surface area contributed by atoms with E-state index in [1.165, 1.54) is 0 Å². The normalized spacial score (nSPS) is 21.7. The summed E-state index contributed by atoms with van der Waals surface area (Å²) in [4.78, 5) is 27.4. The first-order chi connectivity index (χ1) is 11.9. The second-order valence-corrected chi connectivity index (χ2v) is 8.13. The van der Waals surface area contributed by atoms with Gasteiger partial charge in [0, 0.05) is 17.6 Å². The van der Waals surface area contributed by atoms with Crippen LogP contribution in [0.3, 0.4) is 0 Å². The molecule has 1 heterocycles. The number of carbonyl (C=O) groups is 2. The van der Waals surface area contributed by atoms with E-state index in [1.54, 1.807) is 17.8 Å². The first kappa shape index (κ1) is 20.3. The lowest BCUT2D eigenvalue weighted by Gasteiger charge is -2.37. The molecule has 1 aliphatic heterocycles. The summed E-state index contributed by atoms with van der Waals surface area (Å²) in [7, 11) is 0. The molecular formula is C18H25BrN2O3S. The molecule has 1 aromatic rings. The smallest absolute Gasteiger partial charge is 0.253 e. The Hall–Kier alpha value is -1.05. The van der Waals surface area contributed by atoms with Crippen molar-refractivity contribution in [3.8, 4) is 0 Å². The molecule has 138 valence electrons. The average molecular weight is 429 g/mol. The second-order valence-electron chi connectivity index (χ2n) is 6.29. The third-order valence-corrected chi connectivity index (χ3v) is 5.40. The highest BCUT2D eigenvalue weighted by Gasteiger charge is 2.31. The molecule has 1 N–H and O–H groups in total. The van der Waals surface area contributed by atoms with Crippen molar-refractivity contribution in [3.63, 3.8) is 0 Å². The van der Waals surface area contributed by atoms with E-state index in [-0.39, 0.29) is 24.0 Å². The summed E-state index contributed by atoms with van der Waals surface area (Å²) in [5.41, 5.74) is 0.535. The van der Waals surface area contributed by atoms with Crippen LogP contribution in [0.25, 0.3) is 0 Å². The van der Waals surface area contributed by atoms with Gasteiger partial charge in [0.2, 0.25) is 5.91 Å². The quantitative estimate of drug-likeness (QED) is 0.756. The Morgan fingerprint density at radius 1 is 1.32 bits per heavy atom. The standard InChI is InChI=1S/C18H25BrN2O3S/c1-12-10-21(11-13(2)24-12)18(23)16(8-9-25-3)20-17(22)14-6-4-5-7-15(14)19/h4-7,12-13,16H,8-11H2,1-3H3,(H,20,22). The molecule has 5 nitrogen and oxygen atoms in total. The maximum absolute atomic E-state index is 13.0. The zero-order valence-corrected chi connectivity index (χ0v) is 17.2. The Bertz CT molecular complexity index is 604. The summed E-state index contributed by atoms with van der Waals surface area (Å²) in [6, 6.07) is 6.70. The number of benzene rings is 1. The van der Waals surface area contributed by atoms with Gasteiger partial charge in [0.1, 0.15) is 6.04 Å². The molecule has 3 atom stereocenters. The van der Waals surface area contributed by atoms with Gasteiger partial charge in [-0.2, -0.15) is 11.8 Å². The SMILES string of the molecule is CSCCC(NC(=O)c1ccccc1Br)C(=O)N1CC(C)OC(C)C1. The van der Waals surface area contributed by atoms with Gasteiger partial charge in [-0.3, -0.25) is 9.59 Å². The third kappa shape index (κ3) is 5.72. The van der Waals surface area contributed by atoms with Crippen molar-refractivity contribution >= 4 is 39.5 Å². The van der Waals surface area contributed by atoms with Crippen LogP contribution in [0.2, 0.25) is 0 Å². The molecule has 1 fully saturated rings. The fourth-order valence-corrected chi connectivity index (χ4v) is 3.89. The zero-order chi connectivity index (χ0) is 18.4. The van der Waals surface area contributed by atoms with Crippen LogP contribution in [0.15, 0.2) is 28.7 Å². The Morgan fingerprint density at radius 3 is 2.56 bits per heavy atom. The van der Waals surface area contributed by atoms with Crippen molar-refractivity contribution in [2.45, 2.75) is 38.5 Å². The summed E-state index contributed by atoms with van der Waals surface area (Å²) < 4.78 is 6.42. The predicted molar refractivity (Wildman–Crippen MR) is 105 cm³/mol. The molecule has 3 unspecified atom stereocenters. The molecule has 0 aromatic heterocycles. The molecule has 1 aliphatic rings. The number of ether oxygens (including phenoxy) is 1. The molecule has 1 saturated heterocycles. The Kier molecular flexibility index (Phi) is 7.78. The Balaban J connectivity index is 2.11. The average Bonchev–Trinajstić information content (AvgIpc) is 2.57. The van der Waals surface area contributed by atoms with Gasteiger partial charge in [-0.1, -0.05) is 12.1 Å². The lowest BCUT2D eigenvalue weighted by Crippen LogP contribution is -2.55. The molecule has 2 rings (SSSR count). The topological polar surface area (TPSA) is 58.6 Å². The van der Waals surface area contributed by atoms with Crippen LogP contribution in [0.1, 0.15) is 30.6 Å². The van der Waals surface area contributed by atoms with E-state index < -0.39 is 6.04 Å². The molecule has 0 aliphatic carbocycles. The van der Waals surface area contributed by atoms with Crippen LogP contribution in [0, 0.1) is 0 Å². The van der Waals surface area contributed by atoms with Crippen LogP contribution in [0.5, 0.6) is 0 Å². The minimum Gasteiger partial charge on any atom is -0.372 e. The number of hydrogen-bond donors (Lipinski definition) is 1. The van der Waals surface area contributed by atoms with E-state index in [0.717, 1.165) is 10.2 Å². The van der Waals surface area contributed by atoms with E-state index in [4.69, 9.17) is 4.74 Å². The van der Waals surface area contributed by atoms with Crippen molar-refractivity contribution in [2.24, 2.45) is 0 Å². The van der Waals surface area contributed by atoms with Crippen LogP contribution < -0.4 is 5.32 Å². The predicted octanol–water partition coefficient (Wildman–Crippen LogP) is 2.94. The van der Waals surface area contributed by atoms with E-state index in [1.807, 2.05) is 43.2 Å². The van der Waals surface area contributed by atoms with Crippen LogP contribution in [-0.4, -0.2) is 60.1 Å². The summed E-state index contributed by atoms with van der Waals surface area (Å²) in [5.74, 6) is 0.542. The molecule has 1 aromatic carbocycles. The molecule has 0 spiro atoms. The number of nitrogens with one attached hydrogen (secondary N) is 1. The van der Waals surface area contributed by atoms with Gasteiger partial charge < -0.3 is 15.0 Å². The van der Waals surface area contributed by atoms with Crippen molar-refractivity contribution in [3.05, 3.63) is 34.3 Å². The number of halogens is 1. The Morgan fingerprint density at radius 2 is 1.96 bits per heavy atom. The highest BCUT2D eigenvalue weighted by atomic mass is 79.9. The number of hydrogen-bond acceptors (Lipinski definition) is 4. The summed E-state index contributed by atoms with van der Waals surface area (Å²) in [5, 5.41) is 2.92. The third-order valence-electron chi connectivity index (χ3n) is 4.06. The molecule has 7 heteroatoms. The van der Waals surface area contributed by atoms with Crippen LogP contribution >= 0.6 is 27.7 Å². The fourth-order valence-electron chi connectivity index (χ4n) is 2.95. The number of amides is 2. The second kappa shape index (κ2) is 9.59. The van der Waals surface area contributed by atoms with Gasteiger partial charge in [-0.05, 0) is 60.3 Å². The lowest BCUT2D eigenvalue weighted by molar-refractivity contribution is -0.145. The number of rotatable bonds is 6. The lowest BCUT2D eigenvalue weighted by atomic mass is 10.1. The van der Waals surface area contributed by atoms with Crippen LogP contribution in [-0.2, 0) is 9.53 Å². The van der Waals surface area contributed by atoms with Crippen molar-refractivity contribution < 1.29 is 14.3 Å². The fraction of sp³-hybridized carbons (Fsp3) is 0.556. The molecular weight excluding hydrogens is 404 g/mol. The zero-order valence-electron chi connectivity index (χ0n) is 14.8. The molecule has 0 bridgehead atoms. The summed E-state index contributed by atoms with van der Waals surface area (Å²) in [6.07, 6.45) is 2.62.